The predicted octanol–water partition coefficient (Wildman–Crippen LogP) is 4.73. The van der Waals surface area contributed by atoms with Gasteiger partial charge in [-0.2, -0.15) is 0 Å². The van der Waals surface area contributed by atoms with Crippen LogP contribution in [-0.2, 0) is 20.7 Å². The average Bonchev–Trinajstić information content (AvgIpc) is 2.85. The van der Waals surface area contributed by atoms with Gasteiger partial charge in [-0.15, -0.1) is 0 Å². The van der Waals surface area contributed by atoms with Crippen molar-refractivity contribution in [3.05, 3.63) is 35.9 Å². The number of nitrogens with zero attached hydrogens (tertiary/aromatic N) is 3. The number of benzene rings is 1. The molecule has 3 amide bonds. The summed E-state index contributed by atoms with van der Waals surface area (Å²) in [5.41, 5.74) is -0.0759. The number of rotatable bonds is 9. The van der Waals surface area contributed by atoms with Gasteiger partial charge in [0.1, 0.15) is 11.2 Å². The minimum Gasteiger partial charge on any atom is -0.444 e. The molecule has 0 saturated carbocycles. The molecule has 0 aliphatic carbocycles. The molecule has 0 radical (unpaired) electrons. The van der Waals surface area contributed by atoms with Crippen molar-refractivity contribution >= 4 is 24.1 Å². The van der Waals surface area contributed by atoms with Crippen LogP contribution in [0.1, 0.15) is 79.7 Å². The molecular formula is C30H49N5O5. The van der Waals surface area contributed by atoms with E-state index in [2.05, 4.69) is 44.8 Å². The van der Waals surface area contributed by atoms with Crippen LogP contribution in [0.25, 0.3) is 0 Å². The summed E-state index contributed by atoms with van der Waals surface area (Å²) in [5.74, 6) is 0.0780. The number of hydrogen-bond donors (Lipinski definition) is 2. The molecule has 224 valence electrons. The first-order valence-corrected chi connectivity index (χ1v) is 14.4. The van der Waals surface area contributed by atoms with Crippen LogP contribution >= 0.6 is 0 Å². The third-order valence-corrected chi connectivity index (χ3v) is 6.25. The van der Waals surface area contributed by atoms with Crippen molar-refractivity contribution < 1.29 is 23.9 Å². The minimum absolute atomic E-state index is 0.0522. The lowest BCUT2D eigenvalue weighted by Gasteiger charge is -2.38. The molecule has 1 aromatic carbocycles. The smallest absolute Gasteiger partial charge is 0.414 e. The second-order valence-corrected chi connectivity index (χ2v) is 12.1. The van der Waals surface area contributed by atoms with Crippen LogP contribution in [0.2, 0.25) is 0 Å². The zero-order valence-electron chi connectivity index (χ0n) is 25.4. The van der Waals surface area contributed by atoms with Gasteiger partial charge in [0, 0.05) is 45.2 Å². The summed E-state index contributed by atoms with van der Waals surface area (Å²) in [6, 6.07) is 10.7. The molecule has 40 heavy (non-hydrogen) atoms. The first kappa shape index (κ1) is 33.1. The van der Waals surface area contributed by atoms with Gasteiger partial charge in [0.2, 0.25) is 11.9 Å². The van der Waals surface area contributed by atoms with Gasteiger partial charge in [-0.1, -0.05) is 37.3 Å². The summed E-state index contributed by atoms with van der Waals surface area (Å²) in [4.78, 5) is 46.2. The molecular weight excluding hydrogens is 510 g/mol. The zero-order valence-corrected chi connectivity index (χ0v) is 25.4. The molecule has 0 atom stereocenters. The zero-order chi connectivity index (χ0) is 29.8. The number of carbonyl (C=O) groups is 3. The van der Waals surface area contributed by atoms with Gasteiger partial charge < -0.3 is 19.3 Å². The van der Waals surface area contributed by atoms with E-state index in [9.17, 15) is 14.4 Å². The maximum atomic E-state index is 12.8. The highest BCUT2D eigenvalue weighted by molar-refractivity contribution is 6.01. The third-order valence-electron chi connectivity index (χ3n) is 6.25. The van der Waals surface area contributed by atoms with Crippen molar-refractivity contribution in [3.63, 3.8) is 0 Å². The second kappa shape index (κ2) is 15.6. The normalized spacial score (nSPS) is 14.7. The average molecular weight is 560 g/mol. The van der Waals surface area contributed by atoms with E-state index in [0.29, 0.717) is 25.9 Å². The molecule has 0 aromatic heterocycles. The van der Waals surface area contributed by atoms with Gasteiger partial charge in [0.05, 0.1) is 0 Å². The number of alkyl carbamates (subject to hydrolysis) is 2. The van der Waals surface area contributed by atoms with Crippen molar-refractivity contribution in [1.29, 1.82) is 0 Å². The molecule has 0 spiro atoms. The fourth-order valence-corrected chi connectivity index (χ4v) is 4.44. The molecule has 2 rings (SSSR count). The van der Waals surface area contributed by atoms with Crippen molar-refractivity contribution in [2.45, 2.75) is 97.8 Å². The molecule has 10 heteroatoms. The summed E-state index contributed by atoms with van der Waals surface area (Å²) in [6.45, 7) is 16.2. The number of ether oxygens (including phenoxy) is 2. The quantitative estimate of drug-likeness (QED) is 0.257. The Hall–Kier alpha value is -3.14. The monoisotopic (exact) mass is 559 g/mol. The molecule has 1 aliphatic heterocycles. The molecule has 1 heterocycles. The highest BCUT2D eigenvalue weighted by Crippen LogP contribution is 2.19. The third kappa shape index (κ3) is 13.3. The molecule has 1 aromatic rings. The summed E-state index contributed by atoms with van der Waals surface area (Å²) in [7, 11) is 0. The Balaban J connectivity index is 1.93. The Morgan fingerprint density at radius 3 is 2.00 bits per heavy atom. The number of amides is 3. The van der Waals surface area contributed by atoms with Crippen LogP contribution < -0.4 is 10.6 Å². The number of nitrogens with one attached hydrogen (secondary N) is 2. The van der Waals surface area contributed by atoms with Crippen molar-refractivity contribution in [3.8, 4) is 0 Å². The maximum Gasteiger partial charge on any atom is 0.414 e. The number of carbonyl (C=O) groups excluding carboxylic acids is 3. The van der Waals surface area contributed by atoms with E-state index in [-0.39, 0.29) is 17.9 Å². The van der Waals surface area contributed by atoms with Crippen LogP contribution in [0.15, 0.2) is 35.3 Å². The fraction of sp³-hybridized carbons (Fsp3) is 0.667. The summed E-state index contributed by atoms with van der Waals surface area (Å²) in [6.07, 6.45) is 2.47. The van der Waals surface area contributed by atoms with E-state index in [1.807, 2.05) is 17.9 Å². The number of guanidine groups is 1. The van der Waals surface area contributed by atoms with E-state index in [1.54, 1.807) is 41.5 Å². The highest BCUT2D eigenvalue weighted by Gasteiger charge is 2.27. The maximum absolute atomic E-state index is 12.8. The Morgan fingerprint density at radius 2 is 1.50 bits per heavy atom. The molecule has 2 N–H and O–H groups in total. The first-order valence-electron chi connectivity index (χ1n) is 14.4. The number of piperidine rings is 1. The predicted molar refractivity (Wildman–Crippen MR) is 157 cm³/mol. The van der Waals surface area contributed by atoms with Crippen LogP contribution in [0.3, 0.4) is 0 Å². The van der Waals surface area contributed by atoms with Crippen LogP contribution in [-0.4, -0.2) is 83.8 Å². The Morgan fingerprint density at radius 1 is 0.950 bits per heavy atom. The fourth-order valence-electron chi connectivity index (χ4n) is 4.44. The standard InChI is InChI=1S/C30H49N5O5/c1-8-25(36)35(24-16-21-34(22-17-24)20-15-23-13-10-9-11-14-23)19-12-18-31-26(32-27(37)39-29(2,3)4)33-28(38)40-30(5,6)7/h9-11,13-14,24H,8,12,15-22H2,1-7H3,(H2,31,32,33,37,38). The first-order chi connectivity index (χ1) is 18.8. The van der Waals surface area contributed by atoms with E-state index < -0.39 is 23.4 Å². The number of hydrogen-bond acceptors (Lipinski definition) is 7. The topological polar surface area (TPSA) is 113 Å². The SMILES string of the molecule is CCC(=O)N(CCCN=C(NC(=O)OC(C)(C)C)NC(=O)OC(C)(C)C)C1CCN(CCc2ccccc2)CC1. The Bertz CT molecular complexity index is 944. The molecule has 1 fully saturated rings. The number of aliphatic imine (C=N–C) groups is 1. The van der Waals surface area contributed by atoms with Gasteiger partial charge in [-0.05, 0) is 72.8 Å². The second-order valence-electron chi connectivity index (χ2n) is 12.1. The van der Waals surface area contributed by atoms with Gasteiger partial charge in [0.15, 0.2) is 0 Å². The van der Waals surface area contributed by atoms with E-state index >= 15 is 0 Å². The van der Waals surface area contributed by atoms with Crippen molar-refractivity contribution in [2.24, 2.45) is 4.99 Å². The summed E-state index contributed by atoms with van der Waals surface area (Å²) in [5, 5.41) is 4.99. The van der Waals surface area contributed by atoms with Gasteiger partial charge in [-0.3, -0.25) is 20.4 Å². The van der Waals surface area contributed by atoms with E-state index in [4.69, 9.17) is 9.47 Å². The Kier molecular flexibility index (Phi) is 12.9. The lowest BCUT2D eigenvalue weighted by molar-refractivity contribution is -0.134. The summed E-state index contributed by atoms with van der Waals surface area (Å²) >= 11 is 0. The van der Waals surface area contributed by atoms with Gasteiger partial charge in [0.25, 0.3) is 0 Å². The molecule has 10 nitrogen and oxygen atoms in total. The van der Waals surface area contributed by atoms with E-state index in [0.717, 1.165) is 38.9 Å². The van der Waals surface area contributed by atoms with Crippen molar-refractivity contribution in [1.82, 2.24) is 20.4 Å². The van der Waals surface area contributed by atoms with E-state index in [1.165, 1.54) is 5.56 Å². The highest BCUT2D eigenvalue weighted by atomic mass is 16.6. The Labute approximate surface area is 239 Å². The lowest BCUT2D eigenvalue weighted by atomic mass is 10.0. The van der Waals surface area contributed by atoms with Gasteiger partial charge in [-0.25, -0.2) is 9.59 Å². The van der Waals surface area contributed by atoms with Crippen LogP contribution in [0.5, 0.6) is 0 Å². The van der Waals surface area contributed by atoms with Crippen LogP contribution in [0.4, 0.5) is 9.59 Å². The molecule has 0 unspecified atom stereocenters. The molecule has 1 saturated heterocycles. The molecule has 1 aliphatic rings. The molecule has 0 bridgehead atoms. The minimum atomic E-state index is -0.732. The summed E-state index contributed by atoms with van der Waals surface area (Å²) < 4.78 is 10.6. The van der Waals surface area contributed by atoms with Gasteiger partial charge >= 0.3 is 12.2 Å². The van der Waals surface area contributed by atoms with Crippen molar-refractivity contribution in [2.75, 3.05) is 32.7 Å². The lowest BCUT2D eigenvalue weighted by Crippen LogP contribution is -2.48. The number of likely N-dealkylation sites (tertiary alicyclic amines) is 1. The van der Waals surface area contributed by atoms with Crippen LogP contribution in [0, 0.1) is 0 Å². The largest absolute Gasteiger partial charge is 0.444 e.